The summed E-state index contributed by atoms with van der Waals surface area (Å²) in [4.78, 5) is 4.25. The summed E-state index contributed by atoms with van der Waals surface area (Å²) in [5.41, 5.74) is 0.952. The number of hydrogen-bond donors (Lipinski definition) is 1. The average Bonchev–Trinajstić information content (AvgIpc) is 2.55. The first-order valence-corrected chi connectivity index (χ1v) is 9.18. The molecular formula is C16H17ClN2O3S. The molecule has 122 valence electrons. The predicted molar refractivity (Wildman–Crippen MR) is 88.1 cm³/mol. The van der Waals surface area contributed by atoms with E-state index in [1.54, 1.807) is 24.4 Å². The molecule has 1 aromatic carbocycles. The Labute approximate surface area is 140 Å². The number of nitrogens with zero attached hydrogens (tertiary/aromatic N) is 2. The van der Waals surface area contributed by atoms with Gasteiger partial charge in [0, 0.05) is 24.3 Å². The molecule has 2 heterocycles. The van der Waals surface area contributed by atoms with Crippen LogP contribution in [0, 0.1) is 0 Å². The van der Waals surface area contributed by atoms with Gasteiger partial charge in [0.25, 0.3) is 0 Å². The lowest BCUT2D eigenvalue weighted by Crippen LogP contribution is -2.37. The molecule has 1 aromatic heterocycles. The van der Waals surface area contributed by atoms with Crippen LogP contribution in [-0.4, -0.2) is 35.9 Å². The van der Waals surface area contributed by atoms with Gasteiger partial charge in [0.2, 0.25) is 10.0 Å². The van der Waals surface area contributed by atoms with Gasteiger partial charge >= 0.3 is 0 Å². The summed E-state index contributed by atoms with van der Waals surface area (Å²) in [6.07, 6.45) is 4.53. The highest BCUT2D eigenvalue weighted by Gasteiger charge is 2.30. The molecule has 5 nitrogen and oxygen atoms in total. The van der Waals surface area contributed by atoms with Gasteiger partial charge in [-0.3, -0.25) is 4.98 Å². The Morgan fingerprint density at radius 2 is 1.78 bits per heavy atom. The molecule has 1 aliphatic heterocycles. The highest BCUT2D eigenvalue weighted by molar-refractivity contribution is 7.89. The lowest BCUT2D eigenvalue weighted by Gasteiger charge is -2.31. The van der Waals surface area contributed by atoms with Gasteiger partial charge in [-0.05, 0) is 54.7 Å². The van der Waals surface area contributed by atoms with Crippen molar-refractivity contribution in [3.63, 3.8) is 0 Å². The van der Waals surface area contributed by atoms with Gasteiger partial charge in [-0.15, -0.1) is 0 Å². The van der Waals surface area contributed by atoms with Crippen LogP contribution in [0.2, 0.25) is 5.02 Å². The Hall–Kier alpha value is -1.63. The maximum Gasteiger partial charge on any atom is 0.243 e. The van der Waals surface area contributed by atoms with Crippen molar-refractivity contribution in [1.82, 2.24) is 9.29 Å². The summed E-state index contributed by atoms with van der Waals surface area (Å²) < 4.78 is 26.8. The van der Waals surface area contributed by atoms with Gasteiger partial charge in [0.1, 0.15) is 5.75 Å². The largest absolute Gasteiger partial charge is 0.506 e. The van der Waals surface area contributed by atoms with Crippen LogP contribution in [0.15, 0.2) is 47.6 Å². The summed E-state index contributed by atoms with van der Waals surface area (Å²) >= 11 is 5.81. The highest BCUT2D eigenvalue weighted by atomic mass is 35.5. The fourth-order valence-electron chi connectivity index (χ4n) is 2.85. The van der Waals surface area contributed by atoms with Crippen molar-refractivity contribution >= 4 is 21.6 Å². The van der Waals surface area contributed by atoms with Crippen molar-refractivity contribution in [2.24, 2.45) is 0 Å². The van der Waals surface area contributed by atoms with E-state index in [2.05, 4.69) is 4.98 Å². The van der Waals surface area contributed by atoms with E-state index >= 15 is 0 Å². The van der Waals surface area contributed by atoms with Gasteiger partial charge in [0.05, 0.1) is 11.1 Å². The maximum absolute atomic E-state index is 12.6. The van der Waals surface area contributed by atoms with Crippen molar-refractivity contribution in [2.75, 3.05) is 13.1 Å². The van der Waals surface area contributed by atoms with Crippen LogP contribution < -0.4 is 0 Å². The SMILES string of the molecule is O=S(=O)(c1ccc(Cl)cc1)N1CCC(c2cncc(O)c2)CC1. The van der Waals surface area contributed by atoms with Crippen LogP contribution >= 0.6 is 11.6 Å². The van der Waals surface area contributed by atoms with Crippen molar-refractivity contribution in [3.05, 3.63) is 53.3 Å². The van der Waals surface area contributed by atoms with E-state index in [1.807, 2.05) is 0 Å². The number of sulfonamides is 1. The molecule has 2 aromatic rings. The van der Waals surface area contributed by atoms with Gasteiger partial charge in [-0.25, -0.2) is 8.42 Å². The van der Waals surface area contributed by atoms with Crippen LogP contribution in [0.1, 0.15) is 24.3 Å². The third-order valence-corrected chi connectivity index (χ3v) is 6.29. The zero-order valence-corrected chi connectivity index (χ0v) is 14.0. The van der Waals surface area contributed by atoms with Gasteiger partial charge in [0.15, 0.2) is 0 Å². The molecule has 0 aliphatic carbocycles. The monoisotopic (exact) mass is 352 g/mol. The molecule has 7 heteroatoms. The number of rotatable bonds is 3. The first kappa shape index (κ1) is 16.2. The zero-order chi connectivity index (χ0) is 16.4. The molecule has 3 rings (SSSR count). The topological polar surface area (TPSA) is 70.5 Å². The van der Waals surface area contributed by atoms with E-state index in [0.29, 0.717) is 31.0 Å². The van der Waals surface area contributed by atoms with E-state index in [-0.39, 0.29) is 16.6 Å². The minimum absolute atomic E-state index is 0.138. The Morgan fingerprint density at radius 1 is 1.13 bits per heavy atom. The number of piperidine rings is 1. The molecule has 1 saturated heterocycles. The van der Waals surface area contributed by atoms with E-state index < -0.39 is 10.0 Å². The molecule has 1 aliphatic rings. The molecule has 0 radical (unpaired) electrons. The highest BCUT2D eigenvalue weighted by Crippen LogP contribution is 2.31. The third-order valence-electron chi connectivity index (χ3n) is 4.12. The van der Waals surface area contributed by atoms with E-state index in [0.717, 1.165) is 5.56 Å². The lowest BCUT2D eigenvalue weighted by molar-refractivity contribution is 0.318. The molecule has 1 fully saturated rings. The maximum atomic E-state index is 12.6. The molecule has 0 amide bonds. The van der Waals surface area contributed by atoms with E-state index in [1.165, 1.54) is 22.6 Å². The van der Waals surface area contributed by atoms with Gasteiger partial charge in [-0.2, -0.15) is 4.31 Å². The quantitative estimate of drug-likeness (QED) is 0.921. The first-order valence-electron chi connectivity index (χ1n) is 7.36. The average molecular weight is 353 g/mol. The van der Waals surface area contributed by atoms with Crippen LogP contribution in [0.5, 0.6) is 5.75 Å². The Morgan fingerprint density at radius 3 is 2.39 bits per heavy atom. The molecule has 0 bridgehead atoms. The number of hydrogen-bond acceptors (Lipinski definition) is 4. The Bertz CT molecular complexity index is 785. The smallest absolute Gasteiger partial charge is 0.243 e. The van der Waals surface area contributed by atoms with Gasteiger partial charge < -0.3 is 5.11 Å². The first-order chi connectivity index (χ1) is 11.0. The Kier molecular flexibility index (Phi) is 4.57. The summed E-state index contributed by atoms with van der Waals surface area (Å²) in [5, 5.41) is 10.0. The van der Waals surface area contributed by atoms with Crippen LogP contribution in [0.4, 0.5) is 0 Å². The van der Waals surface area contributed by atoms with Crippen molar-refractivity contribution in [2.45, 2.75) is 23.7 Å². The summed E-state index contributed by atoms with van der Waals surface area (Å²) in [7, 11) is -3.48. The number of aromatic nitrogens is 1. The van der Waals surface area contributed by atoms with E-state index in [4.69, 9.17) is 11.6 Å². The van der Waals surface area contributed by atoms with E-state index in [9.17, 15) is 13.5 Å². The second-order valence-electron chi connectivity index (χ2n) is 5.61. The summed E-state index contributed by atoms with van der Waals surface area (Å²) in [6.45, 7) is 0.899. The molecule has 1 N–H and O–H groups in total. The number of benzene rings is 1. The van der Waals surface area contributed by atoms with Gasteiger partial charge in [-0.1, -0.05) is 11.6 Å². The fraction of sp³-hybridized carbons (Fsp3) is 0.312. The second kappa shape index (κ2) is 6.47. The summed E-state index contributed by atoms with van der Waals surface area (Å²) in [6, 6.07) is 7.92. The normalized spacial score (nSPS) is 17.3. The fourth-order valence-corrected chi connectivity index (χ4v) is 4.45. The summed E-state index contributed by atoms with van der Waals surface area (Å²) in [5.74, 6) is 0.352. The number of halogens is 1. The molecule has 0 atom stereocenters. The van der Waals surface area contributed by atoms with Crippen molar-refractivity contribution in [1.29, 1.82) is 0 Å². The van der Waals surface area contributed by atoms with Crippen LogP contribution in [0.3, 0.4) is 0 Å². The zero-order valence-electron chi connectivity index (χ0n) is 12.4. The lowest BCUT2D eigenvalue weighted by atomic mass is 9.91. The third kappa shape index (κ3) is 3.49. The van der Waals surface area contributed by atoms with Crippen LogP contribution in [-0.2, 0) is 10.0 Å². The number of pyridine rings is 1. The standard InChI is InChI=1S/C16H17ClN2O3S/c17-14-1-3-16(4-2-14)23(21,22)19-7-5-12(6-8-19)13-9-15(20)11-18-10-13/h1-4,9-12,20H,5-8H2. The molecule has 0 unspecified atom stereocenters. The van der Waals surface area contributed by atoms with Crippen molar-refractivity contribution in [3.8, 4) is 5.75 Å². The van der Waals surface area contributed by atoms with Crippen LogP contribution in [0.25, 0.3) is 0 Å². The molecule has 23 heavy (non-hydrogen) atoms. The number of aromatic hydroxyl groups is 1. The molecular weight excluding hydrogens is 336 g/mol. The molecule has 0 spiro atoms. The van der Waals surface area contributed by atoms with Crippen molar-refractivity contribution < 1.29 is 13.5 Å². The predicted octanol–water partition coefficient (Wildman–Crippen LogP) is 3.01. The second-order valence-corrected chi connectivity index (χ2v) is 7.98. The Balaban J connectivity index is 1.72. The minimum Gasteiger partial charge on any atom is -0.506 e. The minimum atomic E-state index is -3.48. The molecule has 0 saturated carbocycles.